The van der Waals surface area contributed by atoms with Gasteiger partial charge < -0.3 is 0 Å². The van der Waals surface area contributed by atoms with Crippen LogP contribution < -0.4 is 0 Å². The molecule has 0 amide bonds. The molecule has 2 aromatic rings. The van der Waals surface area contributed by atoms with Crippen molar-refractivity contribution in [1.82, 2.24) is 0 Å². The molecule has 0 saturated heterocycles. The van der Waals surface area contributed by atoms with Crippen molar-refractivity contribution in [2.75, 3.05) is 0 Å². The van der Waals surface area contributed by atoms with Crippen LogP contribution in [0.3, 0.4) is 0 Å². The Labute approximate surface area is 154 Å². The average Bonchev–Trinajstić information content (AvgIpc) is 2.65. The first-order chi connectivity index (χ1) is 12.9. The third kappa shape index (κ3) is 3.41. The van der Waals surface area contributed by atoms with Crippen LogP contribution in [-0.4, -0.2) is 8.42 Å². The number of hydrogen-bond acceptors (Lipinski definition) is 3. The van der Waals surface area contributed by atoms with Gasteiger partial charge in [-0.3, -0.25) is 0 Å². The van der Waals surface area contributed by atoms with Gasteiger partial charge in [0.25, 0.3) is 5.70 Å². The summed E-state index contributed by atoms with van der Waals surface area (Å²) in [7, 11) is -4.05. The Morgan fingerprint density at radius 1 is 0.889 bits per heavy atom. The molecule has 1 aliphatic heterocycles. The van der Waals surface area contributed by atoms with Gasteiger partial charge in [0.2, 0.25) is 9.84 Å². The lowest BCUT2D eigenvalue weighted by Gasteiger charge is -2.18. The molecule has 2 aromatic carbocycles. The van der Waals surface area contributed by atoms with Crippen LogP contribution >= 0.6 is 0 Å². The third-order valence-electron chi connectivity index (χ3n) is 3.90. The molecule has 0 aliphatic carbocycles. The van der Waals surface area contributed by atoms with Gasteiger partial charge in [-0.1, -0.05) is 24.3 Å². The quantitative estimate of drug-likeness (QED) is 0.570. The molecule has 0 radical (unpaired) electrons. The molecular formula is C20H10F2N2O2S. The monoisotopic (exact) mass is 380 g/mol. The van der Waals surface area contributed by atoms with Crippen LogP contribution in [0.2, 0.25) is 0 Å². The summed E-state index contributed by atoms with van der Waals surface area (Å²) in [5, 5.41) is 9.17. The van der Waals surface area contributed by atoms with Crippen molar-refractivity contribution in [2.24, 2.45) is 0 Å². The highest BCUT2D eigenvalue weighted by Crippen LogP contribution is 2.39. The number of allylic oxidation sites excluding steroid dienone is 4. The van der Waals surface area contributed by atoms with E-state index in [0.29, 0.717) is 0 Å². The highest BCUT2D eigenvalue weighted by atomic mass is 32.2. The number of benzene rings is 2. The second-order valence-electron chi connectivity index (χ2n) is 5.56. The predicted octanol–water partition coefficient (Wildman–Crippen LogP) is 4.47. The zero-order chi connectivity index (χ0) is 19.6. The molecule has 1 aliphatic rings. The van der Waals surface area contributed by atoms with Crippen LogP contribution in [0.4, 0.5) is 8.78 Å². The van der Waals surface area contributed by atoms with Crippen molar-refractivity contribution >= 4 is 19.6 Å². The first-order valence-electron chi connectivity index (χ1n) is 7.59. The fourth-order valence-electron chi connectivity index (χ4n) is 2.59. The minimum absolute atomic E-state index is 0.112. The van der Waals surface area contributed by atoms with E-state index in [-0.39, 0.29) is 32.2 Å². The summed E-state index contributed by atoms with van der Waals surface area (Å²) in [6, 6.07) is 11.4. The zero-order valence-corrected chi connectivity index (χ0v) is 14.5. The fourth-order valence-corrected chi connectivity index (χ4v) is 4.29. The lowest BCUT2D eigenvalue weighted by atomic mass is 10.1. The maximum atomic E-state index is 13.2. The molecule has 132 valence electrons. The van der Waals surface area contributed by atoms with Gasteiger partial charge in [-0.25, -0.2) is 27.3 Å². The molecule has 0 spiro atoms. The normalized spacial score (nSPS) is 15.2. The topological polar surface area (TPSA) is 62.3 Å². The summed E-state index contributed by atoms with van der Waals surface area (Å²) in [4.78, 5) is 2.79. The second kappa shape index (κ2) is 6.99. The molecular weight excluding hydrogens is 370 g/mol. The van der Waals surface area contributed by atoms with Crippen LogP contribution in [0.15, 0.2) is 72.0 Å². The van der Waals surface area contributed by atoms with Gasteiger partial charge in [0, 0.05) is 0 Å². The van der Waals surface area contributed by atoms with Crippen LogP contribution in [-0.2, 0) is 9.84 Å². The Balaban J connectivity index is 2.30. The number of rotatable bonds is 2. The van der Waals surface area contributed by atoms with Crippen LogP contribution in [0, 0.1) is 29.5 Å². The van der Waals surface area contributed by atoms with Gasteiger partial charge in [-0.15, -0.1) is 0 Å². The van der Waals surface area contributed by atoms with E-state index in [0.717, 1.165) is 24.3 Å². The molecule has 0 fully saturated rings. The molecule has 4 nitrogen and oxygen atoms in total. The minimum atomic E-state index is -4.05. The van der Waals surface area contributed by atoms with Gasteiger partial charge in [-0.2, -0.15) is 0 Å². The van der Waals surface area contributed by atoms with E-state index >= 15 is 0 Å². The average molecular weight is 380 g/mol. The van der Waals surface area contributed by atoms with E-state index < -0.39 is 21.5 Å². The zero-order valence-electron chi connectivity index (χ0n) is 13.6. The first-order valence-corrected chi connectivity index (χ1v) is 9.07. The third-order valence-corrected chi connectivity index (χ3v) is 5.77. The number of hydrogen-bond donors (Lipinski definition) is 0. The predicted molar refractivity (Wildman–Crippen MR) is 96.9 cm³/mol. The summed E-state index contributed by atoms with van der Waals surface area (Å²) in [5.74, 6) is -1.06. The number of halogens is 2. The highest BCUT2D eigenvalue weighted by Gasteiger charge is 2.30. The van der Waals surface area contributed by atoms with Crippen molar-refractivity contribution in [3.63, 3.8) is 0 Å². The standard InChI is InChI=1S/C20H10F2N2O2S/c1-24-18(12-23)15-10-19(13-2-6-16(21)7-3-13)27(25,26)20(11-15)14-4-8-17(22)9-5-14/h2-11H. The Morgan fingerprint density at radius 2 is 1.30 bits per heavy atom. The van der Waals surface area contributed by atoms with Gasteiger partial charge in [0.05, 0.1) is 22.5 Å². The maximum Gasteiger partial charge on any atom is 0.269 e. The van der Waals surface area contributed by atoms with Gasteiger partial charge >= 0.3 is 0 Å². The number of nitriles is 1. The Hall–Kier alpha value is -3.55. The Kier molecular flexibility index (Phi) is 4.72. The lowest BCUT2D eigenvalue weighted by Crippen LogP contribution is -2.11. The Morgan fingerprint density at radius 3 is 1.63 bits per heavy atom. The SMILES string of the molecule is [C-]#[N+]C(C#N)=C1C=C(c2ccc(F)cc2)S(=O)(=O)C(c2ccc(F)cc2)=C1. The van der Waals surface area contributed by atoms with Crippen molar-refractivity contribution in [3.05, 3.63) is 106 Å². The van der Waals surface area contributed by atoms with E-state index in [9.17, 15) is 17.2 Å². The smallest absolute Gasteiger partial charge is 0.226 e. The highest BCUT2D eigenvalue weighted by molar-refractivity contribution is 8.09. The van der Waals surface area contributed by atoms with Gasteiger partial charge in [0.15, 0.2) is 0 Å². The Bertz CT molecular complexity index is 1110. The summed E-state index contributed by atoms with van der Waals surface area (Å²) in [6.45, 7) is 7.13. The molecule has 7 heteroatoms. The number of sulfone groups is 1. The molecule has 3 rings (SSSR count). The van der Waals surface area contributed by atoms with E-state index in [4.69, 9.17) is 11.8 Å². The minimum Gasteiger partial charge on any atom is -0.226 e. The second-order valence-corrected chi connectivity index (χ2v) is 7.45. The molecule has 0 N–H and O–H groups in total. The van der Waals surface area contributed by atoms with Crippen molar-refractivity contribution in [1.29, 1.82) is 5.26 Å². The fraction of sp³-hybridized carbons (Fsp3) is 0. The van der Waals surface area contributed by atoms with Crippen LogP contribution in [0.5, 0.6) is 0 Å². The van der Waals surface area contributed by atoms with E-state index in [1.165, 1.54) is 36.4 Å². The summed E-state index contributed by atoms with van der Waals surface area (Å²) >= 11 is 0. The van der Waals surface area contributed by atoms with E-state index in [1.807, 2.05) is 0 Å². The van der Waals surface area contributed by atoms with Crippen molar-refractivity contribution in [3.8, 4) is 6.07 Å². The van der Waals surface area contributed by atoms with E-state index in [2.05, 4.69) is 4.85 Å². The number of nitrogens with zero attached hydrogens (tertiary/aromatic N) is 2. The molecule has 0 aromatic heterocycles. The molecule has 0 saturated carbocycles. The summed E-state index contributed by atoms with van der Waals surface area (Å²) in [6.07, 6.45) is 2.43. The maximum absolute atomic E-state index is 13.2. The molecule has 0 unspecified atom stereocenters. The lowest BCUT2D eigenvalue weighted by molar-refractivity contribution is 0.614. The van der Waals surface area contributed by atoms with E-state index in [1.54, 1.807) is 6.07 Å². The van der Waals surface area contributed by atoms with Crippen molar-refractivity contribution in [2.45, 2.75) is 0 Å². The largest absolute Gasteiger partial charge is 0.269 e. The van der Waals surface area contributed by atoms with Gasteiger partial charge in [0.1, 0.15) is 11.6 Å². The summed E-state index contributed by atoms with van der Waals surface area (Å²) in [5.41, 5.74) is 0.248. The molecule has 0 bridgehead atoms. The van der Waals surface area contributed by atoms with Gasteiger partial charge in [-0.05, 0) is 53.1 Å². The first kappa shape index (κ1) is 18.2. The van der Waals surface area contributed by atoms with Crippen LogP contribution in [0.25, 0.3) is 14.7 Å². The molecule has 0 atom stereocenters. The van der Waals surface area contributed by atoms with Crippen molar-refractivity contribution < 1.29 is 17.2 Å². The van der Waals surface area contributed by atoms with Crippen LogP contribution in [0.1, 0.15) is 11.1 Å². The molecule has 27 heavy (non-hydrogen) atoms. The summed E-state index contributed by atoms with van der Waals surface area (Å²) < 4.78 is 52.7. The molecule has 1 heterocycles.